The van der Waals surface area contributed by atoms with E-state index < -0.39 is 11.5 Å². The summed E-state index contributed by atoms with van der Waals surface area (Å²) in [6, 6.07) is 5.46. The van der Waals surface area contributed by atoms with Gasteiger partial charge in [-0.25, -0.2) is 4.98 Å². The molecule has 1 heterocycles. The van der Waals surface area contributed by atoms with E-state index in [2.05, 4.69) is 4.98 Å². The van der Waals surface area contributed by atoms with Gasteiger partial charge in [0.15, 0.2) is 0 Å². The molecule has 1 aromatic rings. The fourth-order valence-corrected chi connectivity index (χ4v) is 2.26. The number of pyridine rings is 1. The summed E-state index contributed by atoms with van der Waals surface area (Å²) in [7, 11) is 1.56. The molecule has 2 rings (SSSR count). The number of methoxy groups -OCH3 is 1. The van der Waals surface area contributed by atoms with E-state index in [1.54, 1.807) is 25.3 Å². The van der Waals surface area contributed by atoms with Gasteiger partial charge in [0, 0.05) is 24.7 Å². The van der Waals surface area contributed by atoms with E-state index in [4.69, 9.17) is 15.2 Å². The minimum Gasteiger partial charge on any atom is -0.481 e. The molecule has 0 spiro atoms. The first-order valence-corrected chi connectivity index (χ1v) is 6.45. The highest BCUT2D eigenvalue weighted by atomic mass is 16.5. The Balaban J connectivity index is 2.43. The Morgan fingerprint density at radius 1 is 1.50 bits per heavy atom. The molecule has 1 aliphatic carbocycles. The molecule has 0 aromatic carbocycles. The molecule has 106 valence electrons. The molecule has 2 N–H and O–H groups in total. The molecule has 0 fully saturated rings. The van der Waals surface area contributed by atoms with E-state index in [0.717, 1.165) is 0 Å². The van der Waals surface area contributed by atoms with Crippen LogP contribution in [0.15, 0.2) is 42.0 Å². The van der Waals surface area contributed by atoms with Crippen molar-refractivity contribution >= 4 is 5.91 Å². The summed E-state index contributed by atoms with van der Waals surface area (Å²) in [6.45, 7) is 2.40. The Bertz CT molecular complexity index is 566. The molecule has 0 saturated heterocycles. The van der Waals surface area contributed by atoms with Gasteiger partial charge in [0.2, 0.25) is 11.8 Å². The van der Waals surface area contributed by atoms with Gasteiger partial charge in [-0.1, -0.05) is 18.2 Å². The molecule has 1 amide bonds. The largest absolute Gasteiger partial charge is 0.481 e. The molecule has 0 bridgehead atoms. The standard InChI is InChI=1S/C15H18N2O3/c1-3-20-15(9-5-6-11(10-15)14(16)18)12-7-4-8-13(17-12)19-2/h4-9H,3,10H2,1-2H3,(H2,16,18). The highest BCUT2D eigenvalue weighted by molar-refractivity contribution is 5.92. The predicted molar refractivity (Wildman–Crippen MR) is 75.1 cm³/mol. The highest BCUT2D eigenvalue weighted by Crippen LogP contribution is 2.36. The molecule has 5 nitrogen and oxygen atoms in total. The topological polar surface area (TPSA) is 74.4 Å². The Kier molecular flexibility index (Phi) is 4.20. The zero-order valence-electron chi connectivity index (χ0n) is 11.6. The Morgan fingerprint density at radius 3 is 2.95 bits per heavy atom. The van der Waals surface area contributed by atoms with E-state index in [1.807, 2.05) is 25.1 Å². The number of nitrogens with two attached hydrogens (primary N) is 1. The molecule has 20 heavy (non-hydrogen) atoms. The maximum Gasteiger partial charge on any atom is 0.244 e. The van der Waals surface area contributed by atoms with Crippen LogP contribution < -0.4 is 10.5 Å². The monoisotopic (exact) mass is 274 g/mol. The van der Waals surface area contributed by atoms with Gasteiger partial charge in [-0.3, -0.25) is 4.79 Å². The minimum atomic E-state index is -0.775. The second-order valence-corrected chi connectivity index (χ2v) is 4.48. The van der Waals surface area contributed by atoms with Crippen molar-refractivity contribution in [1.82, 2.24) is 4.98 Å². The third-order valence-electron chi connectivity index (χ3n) is 3.20. The number of aromatic nitrogens is 1. The zero-order chi connectivity index (χ0) is 14.6. The summed E-state index contributed by atoms with van der Waals surface area (Å²) in [5, 5.41) is 0. The molecular formula is C15H18N2O3. The van der Waals surface area contributed by atoms with E-state index in [-0.39, 0.29) is 0 Å². The lowest BCUT2D eigenvalue weighted by Gasteiger charge is -2.32. The Morgan fingerprint density at radius 2 is 2.30 bits per heavy atom. The summed E-state index contributed by atoms with van der Waals surface area (Å²) < 4.78 is 11.0. The van der Waals surface area contributed by atoms with Gasteiger partial charge in [-0.05, 0) is 19.1 Å². The van der Waals surface area contributed by atoms with Crippen molar-refractivity contribution in [3.8, 4) is 5.88 Å². The molecule has 1 aromatic heterocycles. The lowest BCUT2D eigenvalue weighted by molar-refractivity contribution is -0.115. The van der Waals surface area contributed by atoms with Gasteiger partial charge in [-0.2, -0.15) is 0 Å². The third-order valence-corrected chi connectivity index (χ3v) is 3.20. The number of amides is 1. The van der Waals surface area contributed by atoms with Crippen LogP contribution in [-0.4, -0.2) is 24.6 Å². The number of carbonyl (C=O) groups excluding carboxylic acids is 1. The van der Waals surface area contributed by atoms with Crippen molar-refractivity contribution in [3.63, 3.8) is 0 Å². The SMILES string of the molecule is CCOC1(c2cccc(OC)n2)C=CC=C(C(N)=O)C1. The number of primary amides is 1. The second kappa shape index (κ2) is 5.88. The average molecular weight is 274 g/mol. The summed E-state index contributed by atoms with van der Waals surface area (Å²) in [5.41, 5.74) is 5.82. The first kappa shape index (κ1) is 14.3. The van der Waals surface area contributed by atoms with Crippen molar-refractivity contribution < 1.29 is 14.3 Å². The molecule has 0 aliphatic heterocycles. The first-order chi connectivity index (χ1) is 9.61. The van der Waals surface area contributed by atoms with Crippen molar-refractivity contribution in [3.05, 3.63) is 47.7 Å². The predicted octanol–water partition coefficient (Wildman–Crippen LogP) is 1.69. The number of carbonyl (C=O) groups is 1. The quantitative estimate of drug-likeness (QED) is 0.886. The maximum atomic E-state index is 11.4. The van der Waals surface area contributed by atoms with Crippen LogP contribution in [0.4, 0.5) is 0 Å². The minimum absolute atomic E-state index is 0.368. The molecular weight excluding hydrogens is 256 g/mol. The number of nitrogens with zero attached hydrogens (tertiary/aromatic N) is 1. The molecule has 0 radical (unpaired) electrons. The lowest BCUT2D eigenvalue weighted by Crippen LogP contribution is -2.33. The van der Waals surface area contributed by atoms with Gasteiger partial charge >= 0.3 is 0 Å². The van der Waals surface area contributed by atoms with Crippen LogP contribution in [0.25, 0.3) is 0 Å². The van der Waals surface area contributed by atoms with Gasteiger partial charge in [-0.15, -0.1) is 0 Å². The average Bonchev–Trinajstić information content (AvgIpc) is 2.48. The second-order valence-electron chi connectivity index (χ2n) is 4.48. The van der Waals surface area contributed by atoms with E-state index in [9.17, 15) is 4.79 Å². The summed E-state index contributed by atoms with van der Waals surface area (Å²) >= 11 is 0. The van der Waals surface area contributed by atoms with E-state index in [1.165, 1.54) is 0 Å². The Labute approximate surface area is 118 Å². The van der Waals surface area contributed by atoms with Crippen molar-refractivity contribution in [2.75, 3.05) is 13.7 Å². The molecule has 5 heteroatoms. The van der Waals surface area contributed by atoms with Gasteiger partial charge in [0.05, 0.1) is 12.8 Å². The highest BCUT2D eigenvalue weighted by Gasteiger charge is 2.35. The van der Waals surface area contributed by atoms with Crippen LogP contribution in [-0.2, 0) is 15.1 Å². The Hall–Kier alpha value is -2.14. The van der Waals surface area contributed by atoms with E-state index in [0.29, 0.717) is 30.2 Å². The fraction of sp³-hybridized carbons (Fsp3) is 0.333. The summed E-state index contributed by atoms with van der Waals surface area (Å²) in [4.78, 5) is 15.8. The van der Waals surface area contributed by atoms with Crippen LogP contribution in [0, 0.1) is 0 Å². The normalized spacial score (nSPS) is 21.4. The van der Waals surface area contributed by atoms with Gasteiger partial charge in [0.25, 0.3) is 0 Å². The van der Waals surface area contributed by atoms with Crippen LogP contribution in [0.3, 0.4) is 0 Å². The number of hydrogen-bond donors (Lipinski definition) is 1. The van der Waals surface area contributed by atoms with E-state index >= 15 is 0 Å². The van der Waals surface area contributed by atoms with Crippen LogP contribution in [0.5, 0.6) is 5.88 Å². The number of hydrogen-bond acceptors (Lipinski definition) is 4. The summed E-state index contributed by atoms with van der Waals surface area (Å²) in [6.07, 6.45) is 5.75. The van der Waals surface area contributed by atoms with Gasteiger partial charge < -0.3 is 15.2 Å². The van der Waals surface area contributed by atoms with Gasteiger partial charge in [0.1, 0.15) is 5.60 Å². The van der Waals surface area contributed by atoms with Crippen molar-refractivity contribution in [2.24, 2.45) is 5.73 Å². The third kappa shape index (κ3) is 2.72. The number of rotatable bonds is 5. The lowest BCUT2D eigenvalue weighted by atomic mass is 9.86. The molecule has 1 aliphatic rings. The molecule has 0 saturated carbocycles. The van der Waals surface area contributed by atoms with Crippen molar-refractivity contribution in [2.45, 2.75) is 18.9 Å². The number of ether oxygens (including phenoxy) is 2. The smallest absolute Gasteiger partial charge is 0.244 e. The first-order valence-electron chi connectivity index (χ1n) is 6.45. The zero-order valence-corrected chi connectivity index (χ0v) is 11.6. The molecule has 1 unspecified atom stereocenters. The summed E-state index contributed by atoms with van der Waals surface area (Å²) in [5.74, 6) is 0.0616. The van der Waals surface area contributed by atoms with Crippen LogP contribution in [0.1, 0.15) is 19.0 Å². The fourth-order valence-electron chi connectivity index (χ4n) is 2.26. The van der Waals surface area contributed by atoms with Crippen LogP contribution >= 0.6 is 0 Å². The van der Waals surface area contributed by atoms with Crippen LogP contribution in [0.2, 0.25) is 0 Å². The number of allylic oxidation sites excluding steroid dienone is 2. The maximum absolute atomic E-state index is 11.4. The molecule has 1 atom stereocenters. The van der Waals surface area contributed by atoms with Crippen molar-refractivity contribution in [1.29, 1.82) is 0 Å².